The molecular weight excluding hydrogens is 377 g/mol. The molecular formula is C17H23Cl2N5O2. The van der Waals surface area contributed by atoms with Gasteiger partial charge in [0, 0.05) is 24.7 Å². The second kappa shape index (κ2) is 11.4. The third kappa shape index (κ3) is 6.61. The number of carbonyl (C=O) groups excluding carboxylic acids is 2. The molecule has 0 saturated heterocycles. The number of benzene rings is 1. The van der Waals surface area contributed by atoms with Gasteiger partial charge in [-0.1, -0.05) is 12.1 Å². The van der Waals surface area contributed by atoms with Gasteiger partial charge in [-0.2, -0.15) is 0 Å². The van der Waals surface area contributed by atoms with Crippen molar-refractivity contribution in [2.45, 2.75) is 26.3 Å². The zero-order valence-corrected chi connectivity index (χ0v) is 16.0. The average molecular weight is 400 g/mol. The summed E-state index contributed by atoms with van der Waals surface area (Å²) in [5, 5.41) is 2.67. The third-order valence-electron chi connectivity index (χ3n) is 3.58. The lowest BCUT2D eigenvalue weighted by molar-refractivity contribution is -0.114. The number of carbonyl (C=O) groups is 2. The molecule has 0 saturated carbocycles. The molecule has 1 aromatic carbocycles. The van der Waals surface area contributed by atoms with E-state index in [2.05, 4.69) is 15.7 Å². The molecule has 7 nitrogen and oxygen atoms in total. The number of hydrogen-bond acceptors (Lipinski definition) is 5. The molecule has 0 radical (unpaired) electrons. The van der Waals surface area contributed by atoms with Crippen LogP contribution < -0.4 is 22.3 Å². The van der Waals surface area contributed by atoms with Gasteiger partial charge < -0.3 is 11.1 Å². The Bertz CT molecular complexity index is 756. The van der Waals surface area contributed by atoms with Crippen LogP contribution in [0.4, 0.5) is 5.82 Å². The Morgan fingerprint density at radius 3 is 2.42 bits per heavy atom. The number of hydrogen-bond donors (Lipinski definition) is 4. The predicted octanol–water partition coefficient (Wildman–Crippen LogP) is 1.73. The van der Waals surface area contributed by atoms with Gasteiger partial charge in [-0.3, -0.25) is 15.0 Å². The van der Waals surface area contributed by atoms with Gasteiger partial charge in [-0.25, -0.2) is 10.8 Å². The summed E-state index contributed by atoms with van der Waals surface area (Å²) in [5.74, 6) is 5.18. The van der Waals surface area contributed by atoms with Gasteiger partial charge in [0.25, 0.3) is 5.91 Å². The molecule has 0 unspecified atom stereocenters. The van der Waals surface area contributed by atoms with E-state index in [1.807, 2.05) is 18.2 Å². The normalized spacial score (nSPS) is 9.50. The molecule has 2 aromatic rings. The number of rotatable bonds is 6. The molecule has 1 heterocycles. The topological polar surface area (TPSA) is 123 Å². The van der Waals surface area contributed by atoms with Crippen molar-refractivity contribution >= 4 is 42.4 Å². The molecule has 142 valence electrons. The lowest BCUT2D eigenvalue weighted by Crippen LogP contribution is -2.30. The monoisotopic (exact) mass is 399 g/mol. The Morgan fingerprint density at radius 2 is 1.81 bits per heavy atom. The lowest BCUT2D eigenvalue weighted by atomic mass is 9.99. The number of halogens is 2. The fourth-order valence-corrected chi connectivity index (χ4v) is 2.42. The summed E-state index contributed by atoms with van der Waals surface area (Å²) >= 11 is 0. The van der Waals surface area contributed by atoms with Crippen molar-refractivity contribution < 1.29 is 9.59 Å². The molecule has 1 aromatic heterocycles. The highest BCUT2D eigenvalue weighted by atomic mass is 35.5. The van der Waals surface area contributed by atoms with Gasteiger partial charge in [0.1, 0.15) is 5.82 Å². The van der Waals surface area contributed by atoms with Crippen LogP contribution in [0.1, 0.15) is 34.1 Å². The summed E-state index contributed by atoms with van der Waals surface area (Å²) in [7, 11) is 0. The first-order valence-electron chi connectivity index (χ1n) is 7.60. The number of aryl methyl sites for hydroxylation is 2. The van der Waals surface area contributed by atoms with Crippen LogP contribution in [-0.4, -0.2) is 16.8 Å². The Hall–Kier alpha value is -2.19. The van der Waals surface area contributed by atoms with E-state index in [9.17, 15) is 9.59 Å². The van der Waals surface area contributed by atoms with Gasteiger partial charge in [0.2, 0.25) is 5.91 Å². The van der Waals surface area contributed by atoms with E-state index in [4.69, 9.17) is 11.6 Å². The highest BCUT2D eigenvalue weighted by molar-refractivity contribution is 5.94. The molecule has 0 spiro atoms. The molecule has 0 atom stereocenters. The Labute approximate surface area is 164 Å². The SMILES string of the molecule is CC(=O)Nc1cccc(CCc2ccc(C(=O)NN)cc2CN)n1.Cl.Cl. The van der Waals surface area contributed by atoms with Crippen molar-refractivity contribution in [2.75, 3.05) is 5.32 Å². The first kappa shape index (κ1) is 23.8. The molecule has 0 aliphatic rings. The summed E-state index contributed by atoms with van der Waals surface area (Å²) in [6, 6.07) is 10.9. The van der Waals surface area contributed by atoms with Crippen LogP contribution in [0.25, 0.3) is 0 Å². The largest absolute Gasteiger partial charge is 0.326 e. The van der Waals surface area contributed by atoms with E-state index in [1.54, 1.807) is 18.2 Å². The van der Waals surface area contributed by atoms with Crippen molar-refractivity contribution in [3.63, 3.8) is 0 Å². The van der Waals surface area contributed by atoms with E-state index >= 15 is 0 Å². The maximum absolute atomic E-state index is 11.6. The molecule has 0 bridgehead atoms. The van der Waals surface area contributed by atoms with Crippen molar-refractivity contribution in [3.05, 3.63) is 58.8 Å². The summed E-state index contributed by atoms with van der Waals surface area (Å²) in [6.07, 6.45) is 1.43. The van der Waals surface area contributed by atoms with Crippen LogP contribution in [0.15, 0.2) is 36.4 Å². The second-order valence-electron chi connectivity index (χ2n) is 5.36. The summed E-state index contributed by atoms with van der Waals surface area (Å²) in [6.45, 7) is 1.78. The van der Waals surface area contributed by atoms with E-state index in [0.29, 0.717) is 24.3 Å². The minimum Gasteiger partial charge on any atom is -0.326 e. The first-order valence-corrected chi connectivity index (χ1v) is 7.60. The fraction of sp³-hybridized carbons (Fsp3) is 0.235. The molecule has 2 amide bonds. The number of amides is 2. The summed E-state index contributed by atoms with van der Waals surface area (Å²) in [5.41, 5.74) is 11.2. The molecule has 6 N–H and O–H groups in total. The maximum Gasteiger partial charge on any atom is 0.265 e. The van der Waals surface area contributed by atoms with Crippen molar-refractivity contribution in [1.82, 2.24) is 10.4 Å². The van der Waals surface area contributed by atoms with Gasteiger partial charge in [-0.15, -0.1) is 24.8 Å². The molecule has 0 aliphatic heterocycles. The number of pyridine rings is 1. The van der Waals surface area contributed by atoms with Crippen LogP contribution >= 0.6 is 24.8 Å². The van der Waals surface area contributed by atoms with Gasteiger partial charge in [0.15, 0.2) is 0 Å². The van der Waals surface area contributed by atoms with Crippen molar-refractivity contribution in [3.8, 4) is 0 Å². The number of anilines is 1. The van der Waals surface area contributed by atoms with E-state index in [1.165, 1.54) is 6.92 Å². The van der Waals surface area contributed by atoms with E-state index in [-0.39, 0.29) is 36.6 Å². The molecule has 9 heteroatoms. The number of aromatic nitrogens is 1. The number of nitrogen functional groups attached to an aromatic ring is 1. The summed E-state index contributed by atoms with van der Waals surface area (Å²) < 4.78 is 0. The maximum atomic E-state index is 11.6. The van der Waals surface area contributed by atoms with Crippen LogP contribution in [0.5, 0.6) is 0 Å². The third-order valence-corrected chi connectivity index (χ3v) is 3.58. The second-order valence-corrected chi connectivity index (χ2v) is 5.36. The summed E-state index contributed by atoms with van der Waals surface area (Å²) in [4.78, 5) is 27.1. The Balaban J connectivity index is 0.00000312. The highest BCUT2D eigenvalue weighted by Gasteiger charge is 2.09. The van der Waals surface area contributed by atoms with Crippen LogP contribution in [0, 0.1) is 0 Å². The Morgan fingerprint density at radius 1 is 1.08 bits per heavy atom. The highest BCUT2D eigenvalue weighted by Crippen LogP contribution is 2.15. The Kier molecular flexibility index (Phi) is 10.5. The number of nitrogens with two attached hydrogens (primary N) is 2. The molecule has 0 aliphatic carbocycles. The van der Waals surface area contributed by atoms with Gasteiger partial charge in [-0.05, 0) is 48.2 Å². The standard InChI is InChI=1S/C17H21N5O2.2ClH/c1-11(23)20-16-4-2-3-15(21-16)8-7-12-5-6-13(17(24)22-19)9-14(12)10-18;;/h2-6,9H,7-8,10,18-19H2,1H3,(H,22,24)(H,20,21,23);2*1H. The van der Waals surface area contributed by atoms with E-state index in [0.717, 1.165) is 23.2 Å². The molecule has 0 fully saturated rings. The number of nitrogens with one attached hydrogen (secondary N) is 2. The first-order chi connectivity index (χ1) is 11.5. The number of hydrazine groups is 1. The predicted molar refractivity (Wildman–Crippen MR) is 106 cm³/mol. The smallest absolute Gasteiger partial charge is 0.265 e. The van der Waals surface area contributed by atoms with Gasteiger partial charge in [0.05, 0.1) is 0 Å². The number of nitrogens with zero attached hydrogens (tertiary/aromatic N) is 1. The molecule has 2 rings (SSSR count). The molecule has 26 heavy (non-hydrogen) atoms. The van der Waals surface area contributed by atoms with Crippen LogP contribution in [0.3, 0.4) is 0 Å². The van der Waals surface area contributed by atoms with Gasteiger partial charge >= 0.3 is 0 Å². The lowest BCUT2D eigenvalue weighted by Gasteiger charge is -2.10. The van der Waals surface area contributed by atoms with Crippen LogP contribution in [-0.2, 0) is 24.2 Å². The average Bonchev–Trinajstić information content (AvgIpc) is 2.58. The minimum atomic E-state index is -0.346. The van der Waals surface area contributed by atoms with Crippen molar-refractivity contribution in [1.29, 1.82) is 0 Å². The zero-order valence-electron chi connectivity index (χ0n) is 14.3. The van der Waals surface area contributed by atoms with E-state index < -0.39 is 0 Å². The zero-order chi connectivity index (χ0) is 17.5. The van der Waals surface area contributed by atoms with Crippen LogP contribution in [0.2, 0.25) is 0 Å². The fourth-order valence-electron chi connectivity index (χ4n) is 2.42. The quantitative estimate of drug-likeness (QED) is 0.334. The van der Waals surface area contributed by atoms with Crippen molar-refractivity contribution in [2.24, 2.45) is 11.6 Å². The minimum absolute atomic E-state index is 0.